The number of thiophene rings is 1. The molecular formula is C13H19ClN2OS. The first kappa shape index (κ1) is 13.8. The van der Waals surface area contributed by atoms with E-state index in [0.29, 0.717) is 16.4 Å². The lowest BCUT2D eigenvalue weighted by Crippen LogP contribution is -2.53. The Hall–Kier alpha value is -0.580. The summed E-state index contributed by atoms with van der Waals surface area (Å²) in [6, 6.07) is 0.155. The highest BCUT2D eigenvalue weighted by atomic mass is 35.5. The molecule has 0 spiro atoms. The number of rotatable bonds is 1. The van der Waals surface area contributed by atoms with Crippen LogP contribution in [0.3, 0.4) is 0 Å². The van der Waals surface area contributed by atoms with Crippen LogP contribution in [0.2, 0.25) is 5.02 Å². The molecule has 1 saturated heterocycles. The first-order chi connectivity index (χ1) is 8.33. The van der Waals surface area contributed by atoms with E-state index in [1.54, 1.807) is 0 Å². The fraction of sp³-hybridized carbons (Fsp3) is 0.615. The molecule has 1 aromatic rings. The van der Waals surface area contributed by atoms with Crippen LogP contribution in [0.4, 0.5) is 0 Å². The molecule has 2 heterocycles. The van der Waals surface area contributed by atoms with Gasteiger partial charge in [-0.2, -0.15) is 0 Å². The van der Waals surface area contributed by atoms with Crippen LogP contribution in [0.15, 0.2) is 5.38 Å². The Bertz CT molecular complexity index is 470. The molecule has 2 rings (SSSR count). The minimum atomic E-state index is -0.0350. The standard InChI is InChI=1S/C13H19ClN2OS/c1-8-6-18-11(10(8)14)12(17)16-5-4-9(15)13(2,3)7-16/h6,9H,4-5,7,15H2,1-3H3. The molecule has 5 heteroatoms. The molecule has 100 valence electrons. The van der Waals surface area contributed by atoms with E-state index >= 15 is 0 Å². The fourth-order valence-corrected chi connectivity index (χ4v) is 3.51. The third-order valence-corrected chi connectivity index (χ3v) is 5.38. The normalized spacial score (nSPS) is 23.2. The summed E-state index contributed by atoms with van der Waals surface area (Å²) < 4.78 is 0. The molecule has 1 fully saturated rings. The van der Waals surface area contributed by atoms with Crippen LogP contribution in [-0.4, -0.2) is 29.9 Å². The Morgan fingerprint density at radius 3 is 2.78 bits per heavy atom. The SMILES string of the molecule is Cc1csc(C(=O)N2CCC(N)C(C)(C)C2)c1Cl. The highest BCUT2D eigenvalue weighted by Gasteiger charge is 2.36. The summed E-state index contributed by atoms with van der Waals surface area (Å²) in [5.41, 5.74) is 7.02. The van der Waals surface area contributed by atoms with Gasteiger partial charge in [-0.1, -0.05) is 25.4 Å². The zero-order chi connectivity index (χ0) is 13.5. The molecule has 0 saturated carbocycles. The number of halogens is 1. The second-order valence-corrected chi connectivity index (χ2v) is 6.93. The van der Waals surface area contributed by atoms with Crippen molar-refractivity contribution in [1.29, 1.82) is 0 Å². The Balaban J connectivity index is 2.18. The van der Waals surface area contributed by atoms with Crippen molar-refractivity contribution in [1.82, 2.24) is 4.90 Å². The molecule has 0 aromatic carbocycles. The summed E-state index contributed by atoms with van der Waals surface area (Å²) in [6.07, 6.45) is 0.848. The molecule has 3 nitrogen and oxygen atoms in total. The average molecular weight is 287 g/mol. The van der Waals surface area contributed by atoms with Gasteiger partial charge < -0.3 is 10.6 Å². The van der Waals surface area contributed by atoms with Gasteiger partial charge in [-0.25, -0.2) is 0 Å². The number of amides is 1. The predicted molar refractivity (Wildman–Crippen MR) is 76.3 cm³/mol. The summed E-state index contributed by atoms with van der Waals surface area (Å²) in [4.78, 5) is 15.0. The van der Waals surface area contributed by atoms with Gasteiger partial charge in [0.25, 0.3) is 5.91 Å². The van der Waals surface area contributed by atoms with Crippen LogP contribution < -0.4 is 5.73 Å². The van der Waals surface area contributed by atoms with Gasteiger partial charge in [0.15, 0.2) is 0 Å². The monoisotopic (exact) mass is 286 g/mol. The minimum absolute atomic E-state index is 0.0350. The molecule has 1 aliphatic heterocycles. The molecule has 1 unspecified atom stereocenters. The van der Waals surface area contributed by atoms with E-state index in [4.69, 9.17) is 17.3 Å². The number of carbonyl (C=O) groups is 1. The lowest BCUT2D eigenvalue weighted by molar-refractivity contribution is 0.0538. The van der Waals surface area contributed by atoms with E-state index < -0.39 is 0 Å². The molecule has 0 aliphatic carbocycles. The number of piperidine rings is 1. The maximum absolute atomic E-state index is 12.4. The number of carbonyl (C=O) groups excluding carboxylic acids is 1. The largest absolute Gasteiger partial charge is 0.337 e. The maximum atomic E-state index is 12.4. The van der Waals surface area contributed by atoms with Gasteiger partial charge in [0, 0.05) is 19.1 Å². The molecule has 0 radical (unpaired) electrons. The zero-order valence-corrected chi connectivity index (χ0v) is 12.6. The van der Waals surface area contributed by atoms with Crippen LogP contribution in [-0.2, 0) is 0 Å². The summed E-state index contributed by atoms with van der Waals surface area (Å²) in [5, 5.41) is 2.52. The smallest absolute Gasteiger partial charge is 0.265 e. The van der Waals surface area contributed by atoms with Crippen molar-refractivity contribution in [3.8, 4) is 0 Å². The van der Waals surface area contributed by atoms with E-state index in [-0.39, 0.29) is 17.4 Å². The van der Waals surface area contributed by atoms with Crippen molar-refractivity contribution >= 4 is 28.8 Å². The van der Waals surface area contributed by atoms with Gasteiger partial charge in [0.2, 0.25) is 0 Å². The van der Waals surface area contributed by atoms with Gasteiger partial charge in [0.1, 0.15) is 4.88 Å². The maximum Gasteiger partial charge on any atom is 0.265 e. The van der Waals surface area contributed by atoms with Crippen molar-refractivity contribution in [3.05, 3.63) is 20.8 Å². The molecule has 1 aliphatic rings. The third kappa shape index (κ3) is 2.42. The fourth-order valence-electron chi connectivity index (χ4n) is 2.26. The van der Waals surface area contributed by atoms with E-state index in [1.807, 2.05) is 17.2 Å². The van der Waals surface area contributed by atoms with Crippen LogP contribution in [0.1, 0.15) is 35.5 Å². The minimum Gasteiger partial charge on any atom is -0.337 e. The van der Waals surface area contributed by atoms with Crippen LogP contribution in [0, 0.1) is 12.3 Å². The van der Waals surface area contributed by atoms with Crippen molar-refractivity contribution < 1.29 is 4.79 Å². The van der Waals surface area contributed by atoms with Gasteiger partial charge in [-0.05, 0) is 29.7 Å². The molecule has 1 atom stereocenters. The van der Waals surface area contributed by atoms with E-state index in [1.165, 1.54) is 11.3 Å². The molecule has 1 amide bonds. The number of nitrogens with two attached hydrogens (primary N) is 1. The van der Waals surface area contributed by atoms with Gasteiger partial charge in [0.05, 0.1) is 5.02 Å². The quantitative estimate of drug-likeness (QED) is 0.863. The van der Waals surface area contributed by atoms with Gasteiger partial charge in [-0.3, -0.25) is 4.79 Å². The topological polar surface area (TPSA) is 46.3 Å². The molecule has 18 heavy (non-hydrogen) atoms. The summed E-state index contributed by atoms with van der Waals surface area (Å²) in [5.74, 6) is 0.0399. The first-order valence-electron chi connectivity index (χ1n) is 6.11. The highest BCUT2D eigenvalue weighted by molar-refractivity contribution is 7.13. The van der Waals surface area contributed by atoms with Crippen molar-refractivity contribution in [2.75, 3.05) is 13.1 Å². The number of aryl methyl sites for hydroxylation is 1. The molecule has 2 N–H and O–H groups in total. The Morgan fingerprint density at radius 2 is 2.28 bits per heavy atom. The van der Waals surface area contributed by atoms with Gasteiger partial charge in [-0.15, -0.1) is 11.3 Å². The van der Waals surface area contributed by atoms with Crippen molar-refractivity contribution in [2.24, 2.45) is 11.1 Å². The summed E-state index contributed by atoms with van der Waals surface area (Å²) in [7, 11) is 0. The van der Waals surface area contributed by atoms with E-state index in [9.17, 15) is 4.79 Å². The number of hydrogen-bond donors (Lipinski definition) is 1. The Labute approximate surface area is 117 Å². The average Bonchev–Trinajstić information content (AvgIpc) is 2.63. The Kier molecular flexibility index (Phi) is 3.72. The molecule has 0 bridgehead atoms. The highest BCUT2D eigenvalue weighted by Crippen LogP contribution is 2.32. The van der Waals surface area contributed by atoms with E-state index in [0.717, 1.165) is 18.5 Å². The lowest BCUT2D eigenvalue weighted by Gasteiger charge is -2.42. The van der Waals surface area contributed by atoms with Crippen LogP contribution >= 0.6 is 22.9 Å². The van der Waals surface area contributed by atoms with Crippen molar-refractivity contribution in [2.45, 2.75) is 33.2 Å². The zero-order valence-electron chi connectivity index (χ0n) is 11.0. The second-order valence-electron chi connectivity index (χ2n) is 5.67. The number of likely N-dealkylation sites (tertiary alicyclic amines) is 1. The summed E-state index contributed by atoms with van der Waals surface area (Å²) >= 11 is 7.59. The second kappa shape index (κ2) is 4.83. The molecule has 1 aromatic heterocycles. The van der Waals surface area contributed by atoms with Crippen molar-refractivity contribution in [3.63, 3.8) is 0 Å². The van der Waals surface area contributed by atoms with Crippen LogP contribution in [0.25, 0.3) is 0 Å². The Morgan fingerprint density at radius 1 is 1.61 bits per heavy atom. The van der Waals surface area contributed by atoms with E-state index in [2.05, 4.69) is 13.8 Å². The lowest BCUT2D eigenvalue weighted by atomic mass is 9.79. The summed E-state index contributed by atoms with van der Waals surface area (Å²) in [6.45, 7) is 7.55. The molecular weight excluding hydrogens is 268 g/mol. The van der Waals surface area contributed by atoms with Crippen LogP contribution in [0.5, 0.6) is 0 Å². The number of hydrogen-bond acceptors (Lipinski definition) is 3. The number of nitrogens with zero attached hydrogens (tertiary/aromatic N) is 1. The first-order valence-corrected chi connectivity index (χ1v) is 7.37. The predicted octanol–water partition coefficient (Wildman–Crippen LogP) is 2.91. The third-order valence-electron chi connectivity index (χ3n) is 3.69. The van der Waals surface area contributed by atoms with Gasteiger partial charge >= 0.3 is 0 Å².